The first-order chi connectivity index (χ1) is 21.6. The van der Waals surface area contributed by atoms with Crippen molar-refractivity contribution in [1.82, 2.24) is 9.13 Å². The molecule has 0 N–H and O–H groups in total. The molecule has 0 unspecified atom stereocenters. The summed E-state index contributed by atoms with van der Waals surface area (Å²) in [6.07, 6.45) is 6.08. The van der Waals surface area contributed by atoms with Crippen molar-refractivity contribution in [3.05, 3.63) is 101 Å². The average Bonchev–Trinajstić information content (AvgIpc) is 3.04. The fraction of sp³-hybridized carbons (Fsp3) is 0.568. The second kappa shape index (κ2) is 21.9. The van der Waals surface area contributed by atoms with Crippen LogP contribution in [0.15, 0.2) is 73.1 Å². The lowest BCUT2D eigenvalue weighted by atomic mass is 10.1. The minimum absolute atomic E-state index is 0. The minimum Gasteiger partial charge on any atom is -1.00 e. The normalized spacial score (nSPS) is 11.6. The quantitative estimate of drug-likeness (QED) is 0.129. The zero-order valence-corrected chi connectivity index (χ0v) is 35.5. The van der Waals surface area contributed by atoms with E-state index in [1.807, 2.05) is 11.5 Å². The van der Waals surface area contributed by atoms with Crippen LogP contribution in [0.25, 0.3) is 0 Å². The van der Waals surface area contributed by atoms with E-state index in [0.717, 1.165) is 114 Å². The molecule has 0 spiro atoms. The predicted octanol–water partition coefficient (Wildman–Crippen LogP) is 2.31. The molecule has 0 bridgehead atoms. The van der Waals surface area contributed by atoms with Gasteiger partial charge in [0.25, 0.3) is 5.56 Å². The number of halogens is 4. The number of unbranched alkanes of at least 4 members (excludes halogenated alkanes) is 4. The maximum Gasteiger partial charge on any atom is 0.331 e. The molecule has 3 rings (SSSR count). The number of aromatic nitrogens is 2. The number of aryl methyl sites for hydroxylation is 1. The van der Waals surface area contributed by atoms with E-state index >= 15 is 0 Å². The summed E-state index contributed by atoms with van der Waals surface area (Å²) in [5.41, 5.74) is 3.19. The van der Waals surface area contributed by atoms with Crippen LogP contribution in [0.2, 0.25) is 0 Å². The SMILES string of the molecule is CC[N+](CC)(CCCCCn1c(C)cc(=O)n(CCCCC[N+](CC)(CC)Cc2ccc(Br)cc2)c1=O)Cc1ccc(Br)cc1.[Br-].[Br-]. The van der Waals surface area contributed by atoms with Gasteiger partial charge in [0, 0.05) is 44.9 Å². The Bertz CT molecular complexity index is 1430. The van der Waals surface area contributed by atoms with E-state index in [4.69, 9.17) is 0 Å². The summed E-state index contributed by atoms with van der Waals surface area (Å²) < 4.78 is 7.64. The lowest BCUT2D eigenvalue weighted by Gasteiger charge is -2.37. The van der Waals surface area contributed by atoms with Gasteiger partial charge in [0.2, 0.25) is 0 Å². The highest BCUT2D eigenvalue weighted by atomic mass is 79.9. The van der Waals surface area contributed by atoms with Crippen molar-refractivity contribution in [2.75, 3.05) is 39.3 Å². The molecule has 0 amide bonds. The standard InChI is InChI=1S/C37H56Br2N4O2.2BrH/c1-6-42(7-2,29-32-16-20-34(38)21-17-32)26-14-10-12-24-40-31(5)28-36(44)41(37(40)45)25-13-11-15-27-43(8-3,9-4)30-33-18-22-35(39)23-19-33;;/h16-23,28H,6-15,24-27,29-30H2,1-5H3;2*1H/q+2;;/p-2. The summed E-state index contributed by atoms with van der Waals surface area (Å²) in [5, 5.41) is 0. The molecule has 0 saturated heterocycles. The van der Waals surface area contributed by atoms with Gasteiger partial charge >= 0.3 is 5.69 Å². The third kappa shape index (κ3) is 13.3. The second-order valence-electron chi connectivity index (χ2n) is 12.8. The van der Waals surface area contributed by atoms with Gasteiger partial charge in [-0.25, -0.2) is 4.79 Å². The molecule has 1 heterocycles. The van der Waals surface area contributed by atoms with Crippen LogP contribution in [0.1, 0.15) is 83.0 Å². The van der Waals surface area contributed by atoms with Gasteiger partial charge < -0.3 is 42.9 Å². The van der Waals surface area contributed by atoms with Crippen molar-refractivity contribution < 1.29 is 42.9 Å². The van der Waals surface area contributed by atoms with E-state index in [0.29, 0.717) is 13.1 Å². The minimum atomic E-state index is -0.169. The summed E-state index contributed by atoms with van der Waals surface area (Å²) in [6, 6.07) is 19.0. The third-order valence-corrected chi connectivity index (χ3v) is 11.1. The van der Waals surface area contributed by atoms with E-state index in [9.17, 15) is 9.59 Å². The van der Waals surface area contributed by atoms with Crippen LogP contribution in [0, 0.1) is 6.92 Å². The molecule has 6 nitrogen and oxygen atoms in total. The lowest BCUT2D eigenvalue weighted by Crippen LogP contribution is -3.00. The van der Waals surface area contributed by atoms with E-state index < -0.39 is 0 Å². The van der Waals surface area contributed by atoms with E-state index in [1.165, 1.54) is 15.7 Å². The lowest BCUT2D eigenvalue weighted by molar-refractivity contribution is -0.938. The van der Waals surface area contributed by atoms with E-state index in [2.05, 4.69) is 108 Å². The van der Waals surface area contributed by atoms with Crippen molar-refractivity contribution in [2.45, 2.75) is 99.3 Å². The molecule has 264 valence electrons. The Kier molecular flexibility index (Phi) is 20.5. The molecular weight excluding hydrogens is 852 g/mol. The van der Waals surface area contributed by atoms with Crippen molar-refractivity contribution in [1.29, 1.82) is 0 Å². The molecule has 1 aromatic heterocycles. The summed E-state index contributed by atoms with van der Waals surface area (Å²) in [4.78, 5) is 26.2. The first kappa shape index (κ1) is 44.0. The summed E-state index contributed by atoms with van der Waals surface area (Å²) in [7, 11) is 0. The van der Waals surface area contributed by atoms with Gasteiger partial charge in [-0.3, -0.25) is 13.9 Å². The molecule has 0 atom stereocenters. The summed E-state index contributed by atoms with van der Waals surface area (Å²) in [6.45, 7) is 20.9. The van der Waals surface area contributed by atoms with Crippen molar-refractivity contribution in [3.63, 3.8) is 0 Å². The molecule has 0 fully saturated rings. The molecule has 2 aromatic carbocycles. The Hall–Kier alpha value is -1.04. The van der Waals surface area contributed by atoms with Crippen molar-refractivity contribution in [3.8, 4) is 0 Å². The number of hydrogen-bond donors (Lipinski definition) is 0. The number of benzene rings is 2. The average molecular weight is 908 g/mol. The Morgan fingerprint density at radius 2 is 0.957 bits per heavy atom. The van der Waals surface area contributed by atoms with Gasteiger partial charge in [0.15, 0.2) is 0 Å². The third-order valence-electron chi connectivity index (χ3n) is 10.1. The second-order valence-corrected chi connectivity index (χ2v) is 14.6. The molecule has 47 heavy (non-hydrogen) atoms. The molecule has 0 aliphatic heterocycles. The van der Waals surface area contributed by atoms with Gasteiger partial charge in [-0.15, -0.1) is 0 Å². The highest BCUT2D eigenvalue weighted by Crippen LogP contribution is 2.20. The first-order valence-electron chi connectivity index (χ1n) is 17.1. The monoisotopic (exact) mass is 904 g/mol. The predicted molar refractivity (Wildman–Crippen MR) is 196 cm³/mol. The van der Waals surface area contributed by atoms with Gasteiger partial charge in [-0.05, 0) is 97.4 Å². The Balaban J connectivity index is 0.00000552. The fourth-order valence-corrected chi connectivity index (χ4v) is 7.16. The van der Waals surface area contributed by atoms with Gasteiger partial charge in [0.05, 0.1) is 39.3 Å². The smallest absolute Gasteiger partial charge is 0.331 e. The molecule has 0 aliphatic carbocycles. The molecular formula is C37H56Br4N4O2. The number of nitrogens with zero attached hydrogens (tertiary/aromatic N) is 4. The summed E-state index contributed by atoms with van der Waals surface area (Å²) in [5.74, 6) is 0. The Labute approximate surface area is 321 Å². The van der Waals surface area contributed by atoms with Crippen LogP contribution in [0.3, 0.4) is 0 Å². The van der Waals surface area contributed by atoms with Crippen LogP contribution >= 0.6 is 31.9 Å². The van der Waals surface area contributed by atoms with E-state index in [1.54, 1.807) is 6.07 Å². The largest absolute Gasteiger partial charge is 1.00 e. The highest BCUT2D eigenvalue weighted by Gasteiger charge is 2.24. The fourth-order valence-electron chi connectivity index (χ4n) is 6.63. The molecule has 0 radical (unpaired) electrons. The van der Waals surface area contributed by atoms with Crippen LogP contribution in [-0.4, -0.2) is 57.4 Å². The Morgan fingerprint density at radius 1 is 0.574 bits per heavy atom. The molecule has 3 aromatic rings. The van der Waals surface area contributed by atoms with Crippen LogP contribution in [-0.2, 0) is 26.2 Å². The van der Waals surface area contributed by atoms with Crippen LogP contribution < -0.4 is 45.2 Å². The molecule has 0 aliphatic rings. The van der Waals surface area contributed by atoms with Crippen molar-refractivity contribution >= 4 is 31.9 Å². The van der Waals surface area contributed by atoms with Crippen molar-refractivity contribution in [2.24, 2.45) is 0 Å². The zero-order chi connectivity index (χ0) is 32.9. The molecule has 10 heteroatoms. The van der Waals surface area contributed by atoms with Gasteiger partial charge in [0.1, 0.15) is 13.1 Å². The maximum atomic E-state index is 13.4. The Morgan fingerprint density at radius 3 is 1.34 bits per heavy atom. The van der Waals surface area contributed by atoms with Crippen LogP contribution in [0.4, 0.5) is 0 Å². The zero-order valence-electron chi connectivity index (χ0n) is 29.1. The topological polar surface area (TPSA) is 44.0 Å². The highest BCUT2D eigenvalue weighted by molar-refractivity contribution is 9.10. The molecule has 0 saturated carbocycles. The van der Waals surface area contributed by atoms with E-state index in [-0.39, 0.29) is 45.2 Å². The van der Waals surface area contributed by atoms with Gasteiger partial charge in [-0.2, -0.15) is 0 Å². The maximum absolute atomic E-state index is 13.4. The number of quaternary nitrogens is 2. The first-order valence-corrected chi connectivity index (χ1v) is 18.7. The number of hydrogen-bond acceptors (Lipinski definition) is 2. The van der Waals surface area contributed by atoms with Gasteiger partial charge in [-0.1, -0.05) is 56.1 Å². The number of rotatable bonds is 20. The summed E-state index contributed by atoms with van der Waals surface area (Å²) >= 11 is 7.09. The van der Waals surface area contributed by atoms with Crippen LogP contribution in [0.5, 0.6) is 0 Å².